The van der Waals surface area contributed by atoms with Gasteiger partial charge in [0.25, 0.3) is 0 Å². The lowest BCUT2D eigenvalue weighted by atomic mass is 10.2. The molecule has 0 bridgehead atoms. The molecular formula is C17H14ClFN2OS. The van der Waals surface area contributed by atoms with Crippen LogP contribution in [-0.4, -0.2) is 10.9 Å². The highest BCUT2D eigenvalue weighted by Gasteiger charge is 2.09. The minimum atomic E-state index is -0.492. The van der Waals surface area contributed by atoms with Crippen LogP contribution in [0.1, 0.15) is 17.8 Å². The minimum Gasteiger partial charge on any atom is -0.324 e. The largest absolute Gasteiger partial charge is 0.324 e. The van der Waals surface area contributed by atoms with Gasteiger partial charge in [0.2, 0.25) is 5.91 Å². The molecule has 0 aliphatic carbocycles. The Morgan fingerprint density at radius 2 is 2.09 bits per heavy atom. The number of halogens is 2. The van der Waals surface area contributed by atoms with Gasteiger partial charge in [-0.1, -0.05) is 23.7 Å². The van der Waals surface area contributed by atoms with E-state index in [9.17, 15) is 9.18 Å². The van der Waals surface area contributed by atoms with Crippen LogP contribution in [0, 0.1) is 5.82 Å². The summed E-state index contributed by atoms with van der Waals surface area (Å²) in [4.78, 5) is 16.4. The summed E-state index contributed by atoms with van der Waals surface area (Å²) in [6, 6.07) is 12.0. The van der Waals surface area contributed by atoms with Crippen molar-refractivity contribution in [3.05, 3.63) is 58.3 Å². The van der Waals surface area contributed by atoms with Crippen LogP contribution in [0.4, 0.5) is 10.1 Å². The summed E-state index contributed by atoms with van der Waals surface area (Å²) in [5.41, 5.74) is 1.10. The zero-order valence-electron chi connectivity index (χ0n) is 12.2. The van der Waals surface area contributed by atoms with Gasteiger partial charge >= 0.3 is 0 Å². The smallest absolute Gasteiger partial charge is 0.224 e. The minimum absolute atomic E-state index is 0.113. The molecule has 1 N–H and O–H groups in total. The quantitative estimate of drug-likeness (QED) is 0.701. The second-order valence-corrected chi connectivity index (χ2v) is 6.65. The molecule has 0 saturated heterocycles. The molecule has 3 aromatic rings. The molecule has 3 rings (SSSR count). The van der Waals surface area contributed by atoms with Crippen LogP contribution in [0.25, 0.3) is 10.2 Å². The first-order valence-corrected chi connectivity index (χ1v) is 8.40. The number of aromatic nitrogens is 1. The van der Waals surface area contributed by atoms with Crippen molar-refractivity contribution in [1.82, 2.24) is 4.98 Å². The van der Waals surface area contributed by atoms with Crippen molar-refractivity contribution in [3.63, 3.8) is 0 Å². The van der Waals surface area contributed by atoms with Crippen molar-refractivity contribution >= 4 is 44.7 Å². The molecule has 0 radical (unpaired) electrons. The fourth-order valence-corrected chi connectivity index (χ4v) is 3.41. The monoisotopic (exact) mass is 348 g/mol. The van der Waals surface area contributed by atoms with Crippen LogP contribution >= 0.6 is 22.9 Å². The fourth-order valence-electron chi connectivity index (χ4n) is 2.23. The summed E-state index contributed by atoms with van der Waals surface area (Å²) < 4.78 is 14.7. The SMILES string of the molecule is O=C(CCCc1nc2ccccc2s1)Nc1cc(Cl)ccc1F. The van der Waals surface area contributed by atoms with E-state index >= 15 is 0 Å². The number of nitrogens with zero attached hydrogens (tertiary/aromatic N) is 1. The van der Waals surface area contributed by atoms with Crippen molar-refractivity contribution in [2.24, 2.45) is 0 Å². The number of carbonyl (C=O) groups is 1. The van der Waals surface area contributed by atoms with E-state index in [1.165, 1.54) is 18.2 Å². The molecule has 0 fully saturated rings. The first-order chi connectivity index (χ1) is 11.1. The number of fused-ring (bicyclic) bond motifs is 1. The third-order valence-electron chi connectivity index (χ3n) is 3.34. The average molecular weight is 349 g/mol. The summed E-state index contributed by atoms with van der Waals surface area (Å²) in [7, 11) is 0. The van der Waals surface area contributed by atoms with Crippen molar-refractivity contribution in [2.75, 3.05) is 5.32 Å². The summed E-state index contributed by atoms with van der Waals surface area (Å²) in [6.45, 7) is 0. The molecule has 1 amide bonds. The van der Waals surface area contributed by atoms with Gasteiger partial charge in [0.05, 0.1) is 20.9 Å². The molecule has 0 aliphatic heterocycles. The Bertz CT molecular complexity index is 816. The summed E-state index contributed by atoms with van der Waals surface area (Å²) >= 11 is 7.44. The van der Waals surface area contributed by atoms with E-state index in [4.69, 9.17) is 11.6 Å². The van der Waals surface area contributed by atoms with E-state index in [1.807, 2.05) is 24.3 Å². The maximum absolute atomic E-state index is 13.6. The lowest BCUT2D eigenvalue weighted by Crippen LogP contribution is -2.12. The van der Waals surface area contributed by atoms with E-state index in [0.717, 1.165) is 21.6 Å². The third kappa shape index (κ3) is 4.06. The van der Waals surface area contributed by atoms with Crippen LogP contribution in [0.5, 0.6) is 0 Å². The second-order valence-electron chi connectivity index (χ2n) is 5.10. The highest BCUT2D eigenvalue weighted by molar-refractivity contribution is 7.18. The Balaban J connectivity index is 1.53. The number of thiazole rings is 1. The number of nitrogens with one attached hydrogen (secondary N) is 1. The number of aryl methyl sites for hydroxylation is 1. The van der Waals surface area contributed by atoms with E-state index in [1.54, 1.807) is 11.3 Å². The molecule has 0 atom stereocenters. The average Bonchev–Trinajstić information content (AvgIpc) is 2.93. The van der Waals surface area contributed by atoms with Crippen LogP contribution in [0.2, 0.25) is 5.02 Å². The maximum Gasteiger partial charge on any atom is 0.224 e. The van der Waals surface area contributed by atoms with Crippen LogP contribution in [-0.2, 0) is 11.2 Å². The van der Waals surface area contributed by atoms with Gasteiger partial charge in [-0.25, -0.2) is 9.37 Å². The van der Waals surface area contributed by atoms with Gasteiger partial charge in [-0.3, -0.25) is 4.79 Å². The van der Waals surface area contributed by atoms with Crippen molar-refractivity contribution in [2.45, 2.75) is 19.3 Å². The molecule has 118 valence electrons. The third-order valence-corrected chi connectivity index (χ3v) is 4.67. The summed E-state index contributed by atoms with van der Waals surface area (Å²) in [5, 5.41) is 3.94. The normalized spacial score (nSPS) is 10.9. The van der Waals surface area contributed by atoms with Crippen LogP contribution in [0.3, 0.4) is 0 Å². The number of hydrogen-bond acceptors (Lipinski definition) is 3. The Hall–Kier alpha value is -1.98. The molecule has 0 saturated carbocycles. The molecule has 0 aliphatic rings. The standard InChI is InChI=1S/C17H14ClFN2OS/c18-11-8-9-12(19)14(10-11)20-16(22)6-3-7-17-21-13-4-1-2-5-15(13)23-17/h1-2,4-5,8-10H,3,6-7H2,(H,20,22). The maximum atomic E-state index is 13.6. The van der Waals surface area contributed by atoms with Gasteiger partial charge in [-0.05, 0) is 43.2 Å². The van der Waals surface area contributed by atoms with Gasteiger partial charge in [0, 0.05) is 11.4 Å². The Kier molecular flexibility index (Phi) is 4.88. The highest BCUT2D eigenvalue weighted by atomic mass is 35.5. The van der Waals surface area contributed by atoms with Gasteiger partial charge in [0.1, 0.15) is 5.82 Å². The van der Waals surface area contributed by atoms with E-state index in [2.05, 4.69) is 10.3 Å². The molecular weight excluding hydrogens is 335 g/mol. The van der Waals surface area contributed by atoms with Crippen LogP contribution < -0.4 is 5.32 Å². The Morgan fingerprint density at radius 3 is 2.91 bits per heavy atom. The first kappa shape index (κ1) is 15.9. The molecule has 0 spiro atoms. The predicted molar refractivity (Wildman–Crippen MR) is 92.6 cm³/mol. The fraction of sp³-hybridized carbons (Fsp3) is 0.176. The number of carbonyl (C=O) groups excluding carboxylic acids is 1. The molecule has 6 heteroatoms. The first-order valence-electron chi connectivity index (χ1n) is 7.21. The molecule has 3 nitrogen and oxygen atoms in total. The van der Waals surface area contributed by atoms with Gasteiger partial charge < -0.3 is 5.32 Å². The van der Waals surface area contributed by atoms with Gasteiger partial charge in [-0.2, -0.15) is 0 Å². The van der Waals surface area contributed by atoms with Gasteiger partial charge in [0.15, 0.2) is 0 Å². The van der Waals surface area contributed by atoms with E-state index in [0.29, 0.717) is 17.9 Å². The predicted octanol–water partition coefficient (Wildman–Crippen LogP) is 5.05. The van der Waals surface area contributed by atoms with Crippen molar-refractivity contribution in [3.8, 4) is 0 Å². The number of hydrogen-bond donors (Lipinski definition) is 1. The van der Waals surface area contributed by atoms with Crippen LogP contribution in [0.15, 0.2) is 42.5 Å². The molecule has 0 unspecified atom stereocenters. The number of benzene rings is 2. The van der Waals surface area contributed by atoms with Crippen molar-refractivity contribution < 1.29 is 9.18 Å². The molecule has 2 aromatic carbocycles. The zero-order valence-corrected chi connectivity index (χ0v) is 13.8. The van der Waals surface area contributed by atoms with Crippen molar-refractivity contribution in [1.29, 1.82) is 0 Å². The highest BCUT2D eigenvalue weighted by Crippen LogP contribution is 2.23. The van der Waals surface area contributed by atoms with E-state index < -0.39 is 5.82 Å². The molecule has 23 heavy (non-hydrogen) atoms. The second kappa shape index (κ2) is 7.06. The topological polar surface area (TPSA) is 42.0 Å². The van der Waals surface area contributed by atoms with E-state index in [-0.39, 0.29) is 11.6 Å². The number of amides is 1. The lowest BCUT2D eigenvalue weighted by molar-refractivity contribution is -0.116. The zero-order chi connectivity index (χ0) is 16.2. The summed E-state index contributed by atoms with van der Waals surface area (Å²) in [5.74, 6) is -0.721. The Morgan fingerprint density at radius 1 is 1.26 bits per heavy atom. The Labute approximate surface area is 142 Å². The lowest BCUT2D eigenvalue weighted by Gasteiger charge is -2.06. The number of rotatable bonds is 5. The molecule has 1 heterocycles. The van der Waals surface area contributed by atoms with Gasteiger partial charge in [-0.15, -0.1) is 11.3 Å². The molecule has 1 aromatic heterocycles. The summed E-state index contributed by atoms with van der Waals surface area (Å²) in [6.07, 6.45) is 1.69. The number of para-hydroxylation sites is 1. The number of anilines is 1.